The van der Waals surface area contributed by atoms with Crippen LogP contribution in [0, 0.1) is 12.7 Å². The van der Waals surface area contributed by atoms with Gasteiger partial charge in [0.05, 0.1) is 0 Å². The van der Waals surface area contributed by atoms with Crippen molar-refractivity contribution in [2.75, 3.05) is 13.1 Å². The molecule has 9 heteroatoms. The van der Waals surface area contributed by atoms with Gasteiger partial charge >= 0.3 is 5.69 Å². The molecule has 2 heterocycles. The van der Waals surface area contributed by atoms with Gasteiger partial charge < -0.3 is 11.1 Å². The number of carbonyl (C=O) groups is 1. The Kier molecular flexibility index (Phi) is 5.76. The number of carbonyl (C=O) groups excluding carboxylic acids is 1. The maximum absolute atomic E-state index is 13.9. The molecule has 1 aliphatic heterocycles. The third kappa shape index (κ3) is 4.73. The van der Waals surface area contributed by atoms with Crippen LogP contribution in [0.4, 0.5) is 4.39 Å². The number of halogens is 1. The summed E-state index contributed by atoms with van der Waals surface area (Å²) < 4.78 is 15.0. The molecule has 150 valence electrons. The van der Waals surface area contributed by atoms with Crippen molar-refractivity contribution >= 4 is 5.91 Å². The van der Waals surface area contributed by atoms with Gasteiger partial charge in [0, 0.05) is 30.4 Å². The van der Waals surface area contributed by atoms with Crippen LogP contribution in [-0.4, -0.2) is 39.1 Å². The average molecular weight is 389 g/mol. The summed E-state index contributed by atoms with van der Waals surface area (Å²) in [6.45, 7) is 2.83. The fourth-order valence-corrected chi connectivity index (χ4v) is 3.49. The lowest BCUT2D eigenvalue weighted by atomic mass is 9.98. The van der Waals surface area contributed by atoms with E-state index in [9.17, 15) is 18.8 Å². The number of amides is 1. The Balaban J connectivity index is 1.65. The van der Waals surface area contributed by atoms with Crippen molar-refractivity contribution in [3.63, 3.8) is 0 Å². The average Bonchev–Trinajstić information content (AvgIpc) is 2.61. The number of piperidine rings is 1. The quantitative estimate of drug-likeness (QED) is 0.626. The van der Waals surface area contributed by atoms with Crippen molar-refractivity contribution < 1.29 is 9.18 Å². The molecule has 1 atom stereocenters. The molecule has 1 amide bonds. The second-order valence-corrected chi connectivity index (χ2v) is 7.31. The van der Waals surface area contributed by atoms with E-state index in [1.165, 1.54) is 12.3 Å². The second kappa shape index (κ2) is 8.07. The second-order valence-electron chi connectivity index (χ2n) is 7.31. The zero-order valence-electron chi connectivity index (χ0n) is 15.7. The minimum absolute atomic E-state index is 0.247. The van der Waals surface area contributed by atoms with Crippen LogP contribution in [0.1, 0.15) is 24.0 Å². The summed E-state index contributed by atoms with van der Waals surface area (Å²) in [5.41, 5.74) is 5.19. The van der Waals surface area contributed by atoms with Crippen molar-refractivity contribution in [2.45, 2.75) is 38.5 Å². The molecule has 3 rings (SSSR count). The number of nitrogens with two attached hydrogens (primary N) is 1. The Hall–Kier alpha value is -2.78. The predicted molar refractivity (Wildman–Crippen MR) is 102 cm³/mol. The topological polar surface area (TPSA) is 113 Å². The molecule has 1 fully saturated rings. The zero-order valence-corrected chi connectivity index (χ0v) is 15.7. The summed E-state index contributed by atoms with van der Waals surface area (Å²) in [4.78, 5) is 39.9. The standard InChI is InChI=1S/C19H24FN5O3/c1-13-9-25(18(28)22-17(13)27)11-16(26)23-19(21)7-4-8-24(12-19)10-14-5-2-3-6-15(14)20/h2-3,5-6,9H,4,7-8,10-12,21H2,1H3,(H,23,26)(H,22,27,28). The number of likely N-dealkylation sites (tertiary alicyclic amines) is 1. The van der Waals surface area contributed by atoms with E-state index in [1.54, 1.807) is 25.1 Å². The van der Waals surface area contributed by atoms with E-state index in [-0.39, 0.29) is 12.4 Å². The fraction of sp³-hybridized carbons (Fsp3) is 0.421. The smallest absolute Gasteiger partial charge is 0.328 e. The lowest BCUT2D eigenvalue weighted by molar-refractivity contribution is -0.124. The number of hydrogen-bond donors (Lipinski definition) is 3. The number of rotatable bonds is 5. The summed E-state index contributed by atoms with van der Waals surface area (Å²) in [6.07, 6.45) is 2.67. The maximum atomic E-state index is 13.9. The molecular weight excluding hydrogens is 365 g/mol. The minimum atomic E-state index is -0.971. The van der Waals surface area contributed by atoms with Gasteiger partial charge in [-0.1, -0.05) is 18.2 Å². The first kappa shape index (κ1) is 20.0. The minimum Gasteiger partial charge on any atom is -0.335 e. The van der Waals surface area contributed by atoms with Crippen LogP contribution < -0.4 is 22.3 Å². The van der Waals surface area contributed by atoms with Gasteiger partial charge in [-0.15, -0.1) is 0 Å². The van der Waals surface area contributed by atoms with Crippen LogP contribution in [0.15, 0.2) is 40.1 Å². The van der Waals surface area contributed by atoms with E-state index < -0.39 is 22.8 Å². The number of aryl methyl sites for hydroxylation is 1. The SMILES string of the molecule is Cc1cn(CC(=O)NC2(N)CCCN(Cc3ccccc3F)C2)c(=O)[nH]c1=O. The molecule has 0 saturated carbocycles. The third-order valence-corrected chi connectivity index (χ3v) is 4.85. The van der Waals surface area contributed by atoms with Crippen LogP contribution in [-0.2, 0) is 17.9 Å². The van der Waals surface area contributed by atoms with Crippen molar-refractivity contribution in [1.29, 1.82) is 0 Å². The Morgan fingerprint density at radius 1 is 1.36 bits per heavy atom. The number of aromatic nitrogens is 2. The summed E-state index contributed by atoms with van der Waals surface area (Å²) in [5, 5.41) is 2.79. The zero-order chi connectivity index (χ0) is 20.3. The molecule has 0 bridgehead atoms. The first-order chi connectivity index (χ1) is 13.3. The van der Waals surface area contributed by atoms with Gasteiger partial charge in [-0.2, -0.15) is 0 Å². The Morgan fingerprint density at radius 2 is 2.11 bits per heavy atom. The number of nitrogens with one attached hydrogen (secondary N) is 2. The first-order valence-corrected chi connectivity index (χ1v) is 9.12. The van der Waals surface area contributed by atoms with Crippen molar-refractivity contribution in [3.8, 4) is 0 Å². The highest BCUT2D eigenvalue weighted by atomic mass is 19.1. The first-order valence-electron chi connectivity index (χ1n) is 9.12. The molecule has 1 aromatic heterocycles. The molecule has 1 saturated heterocycles. The molecule has 28 heavy (non-hydrogen) atoms. The number of aromatic amines is 1. The molecule has 2 aromatic rings. The summed E-state index contributed by atoms with van der Waals surface area (Å²) >= 11 is 0. The summed E-state index contributed by atoms with van der Waals surface area (Å²) in [6, 6.07) is 6.57. The van der Waals surface area contributed by atoms with Gasteiger partial charge in [0.2, 0.25) is 5.91 Å². The largest absolute Gasteiger partial charge is 0.335 e. The number of hydrogen-bond acceptors (Lipinski definition) is 5. The highest BCUT2D eigenvalue weighted by Crippen LogP contribution is 2.19. The van der Waals surface area contributed by atoms with Gasteiger partial charge in [-0.25, -0.2) is 9.18 Å². The molecular formula is C19H24FN5O3. The fourth-order valence-electron chi connectivity index (χ4n) is 3.49. The number of H-pyrrole nitrogens is 1. The molecule has 1 unspecified atom stereocenters. The van der Waals surface area contributed by atoms with E-state index in [2.05, 4.69) is 10.3 Å². The van der Waals surface area contributed by atoms with E-state index >= 15 is 0 Å². The van der Waals surface area contributed by atoms with Crippen molar-refractivity contribution in [1.82, 2.24) is 19.8 Å². The Labute approximate surface area is 161 Å². The maximum Gasteiger partial charge on any atom is 0.328 e. The molecule has 1 aliphatic rings. The predicted octanol–water partition coefficient (Wildman–Crippen LogP) is 0.0513. The van der Waals surface area contributed by atoms with Gasteiger partial charge in [-0.05, 0) is 32.4 Å². The highest BCUT2D eigenvalue weighted by molar-refractivity contribution is 5.76. The number of nitrogens with zero attached hydrogens (tertiary/aromatic N) is 2. The molecule has 4 N–H and O–H groups in total. The van der Waals surface area contributed by atoms with Crippen LogP contribution >= 0.6 is 0 Å². The molecule has 0 spiro atoms. The van der Waals surface area contributed by atoms with E-state index in [1.807, 2.05) is 4.90 Å². The molecule has 0 aliphatic carbocycles. The van der Waals surface area contributed by atoms with Crippen LogP contribution in [0.5, 0.6) is 0 Å². The van der Waals surface area contributed by atoms with E-state index in [0.29, 0.717) is 30.6 Å². The van der Waals surface area contributed by atoms with Crippen LogP contribution in [0.3, 0.4) is 0 Å². The lowest BCUT2D eigenvalue weighted by Crippen LogP contribution is -2.64. The Bertz CT molecular complexity index is 986. The number of benzene rings is 1. The summed E-state index contributed by atoms with van der Waals surface area (Å²) in [5.74, 6) is -0.698. The van der Waals surface area contributed by atoms with Gasteiger partial charge in [0.25, 0.3) is 5.56 Å². The highest BCUT2D eigenvalue weighted by Gasteiger charge is 2.33. The Morgan fingerprint density at radius 3 is 2.86 bits per heavy atom. The van der Waals surface area contributed by atoms with Crippen molar-refractivity contribution in [2.24, 2.45) is 5.73 Å². The van der Waals surface area contributed by atoms with Crippen molar-refractivity contribution in [3.05, 3.63) is 68.2 Å². The van der Waals surface area contributed by atoms with Crippen LogP contribution in [0.2, 0.25) is 0 Å². The molecule has 0 radical (unpaired) electrons. The van der Waals surface area contributed by atoms with Gasteiger partial charge in [0.1, 0.15) is 18.0 Å². The summed E-state index contributed by atoms with van der Waals surface area (Å²) in [7, 11) is 0. The monoisotopic (exact) mass is 389 g/mol. The molecule has 1 aromatic carbocycles. The van der Waals surface area contributed by atoms with Gasteiger partial charge in [-0.3, -0.25) is 24.0 Å². The van der Waals surface area contributed by atoms with E-state index in [4.69, 9.17) is 5.73 Å². The molecule has 8 nitrogen and oxygen atoms in total. The van der Waals surface area contributed by atoms with Gasteiger partial charge in [0.15, 0.2) is 0 Å². The lowest BCUT2D eigenvalue weighted by Gasteiger charge is -2.40. The third-order valence-electron chi connectivity index (χ3n) is 4.85. The van der Waals surface area contributed by atoms with Crippen LogP contribution in [0.25, 0.3) is 0 Å². The normalized spacial score (nSPS) is 20.1. The van der Waals surface area contributed by atoms with E-state index in [0.717, 1.165) is 17.5 Å².